The molecule has 1 atom stereocenters. The van der Waals surface area contributed by atoms with Crippen molar-refractivity contribution in [2.45, 2.75) is 39.2 Å². The van der Waals surface area contributed by atoms with Crippen LogP contribution in [0, 0.1) is 12.7 Å². The first-order chi connectivity index (χ1) is 9.82. The van der Waals surface area contributed by atoms with Crippen molar-refractivity contribution >= 4 is 0 Å². The summed E-state index contributed by atoms with van der Waals surface area (Å²) in [5.41, 5.74) is 7.07. The van der Waals surface area contributed by atoms with E-state index in [9.17, 15) is 4.39 Å². The number of aryl methyl sites for hydroxylation is 1. The zero-order valence-corrected chi connectivity index (χ0v) is 13.1. The number of hydrogen-bond donors (Lipinski definition) is 2. The quantitative estimate of drug-likeness (QED) is 0.661. The van der Waals surface area contributed by atoms with Gasteiger partial charge in [-0.15, -0.1) is 0 Å². The van der Waals surface area contributed by atoms with Crippen LogP contribution in [0.15, 0.2) is 42.5 Å². The number of rotatable bonds is 3. The minimum atomic E-state index is -0.248. The minimum absolute atomic E-state index is 0.110. The third kappa shape index (κ3) is 3.49. The smallest absolute Gasteiger partial charge is 0.123 e. The van der Waals surface area contributed by atoms with Crippen LogP contribution in [0.25, 0.3) is 0 Å². The molecule has 21 heavy (non-hydrogen) atoms. The van der Waals surface area contributed by atoms with Crippen molar-refractivity contribution in [1.82, 2.24) is 5.43 Å². The van der Waals surface area contributed by atoms with E-state index in [1.807, 2.05) is 6.92 Å². The van der Waals surface area contributed by atoms with Gasteiger partial charge in [0.25, 0.3) is 0 Å². The zero-order chi connectivity index (χ0) is 15.6. The average molecular weight is 286 g/mol. The summed E-state index contributed by atoms with van der Waals surface area (Å²) in [6.07, 6.45) is 0. The lowest BCUT2D eigenvalue weighted by Crippen LogP contribution is -2.29. The van der Waals surface area contributed by atoms with Gasteiger partial charge in [-0.05, 0) is 46.7 Å². The molecule has 2 aromatic rings. The molecule has 3 heteroatoms. The summed E-state index contributed by atoms with van der Waals surface area (Å²) in [6.45, 7) is 8.49. The number of hydrazine groups is 1. The summed E-state index contributed by atoms with van der Waals surface area (Å²) < 4.78 is 13.5. The highest BCUT2D eigenvalue weighted by Crippen LogP contribution is 2.28. The summed E-state index contributed by atoms with van der Waals surface area (Å²) in [7, 11) is 0. The van der Waals surface area contributed by atoms with Crippen molar-refractivity contribution in [3.63, 3.8) is 0 Å². The maximum absolute atomic E-state index is 13.5. The molecule has 0 bridgehead atoms. The van der Waals surface area contributed by atoms with Gasteiger partial charge in [-0.3, -0.25) is 5.84 Å². The fourth-order valence-electron chi connectivity index (χ4n) is 2.46. The van der Waals surface area contributed by atoms with E-state index in [0.717, 1.165) is 16.7 Å². The second-order valence-electron chi connectivity index (χ2n) is 6.47. The van der Waals surface area contributed by atoms with E-state index in [0.29, 0.717) is 0 Å². The van der Waals surface area contributed by atoms with Crippen LogP contribution in [0.5, 0.6) is 0 Å². The summed E-state index contributed by atoms with van der Waals surface area (Å²) in [5, 5.41) is 0. The van der Waals surface area contributed by atoms with Crippen molar-refractivity contribution in [1.29, 1.82) is 0 Å². The van der Waals surface area contributed by atoms with Crippen LogP contribution in [0.4, 0.5) is 4.39 Å². The van der Waals surface area contributed by atoms with Gasteiger partial charge in [0.15, 0.2) is 0 Å². The topological polar surface area (TPSA) is 38.0 Å². The van der Waals surface area contributed by atoms with Gasteiger partial charge in [0, 0.05) is 0 Å². The predicted molar refractivity (Wildman–Crippen MR) is 85.4 cm³/mol. The molecule has 0 aliphatic heterocycles. The van der Waals surface area contributed by atoms with Gasteiger partial charge >= 0.3 is 0 Å². The van der Waals surface area contributed by atoms with E-state index in [1.165, 1.54) is 17.7 Å². The first-order valence-corrected chi connectivity index (χ1v) is 7.15. The molecule has 0 spiro atoms. The average Bonchev–Trinajstić information content (AvgIpc) is 2.43. The molecule has 0 amide bonds. The standard InChI is InChI=1S/C18H23FN2/c1-12-5-10-15(19)11-16(12)17(21-20)13-6-8-14(9-7-13)18(2,3)4/h5-11,17,21H,20H2,1-4H3. The zero-order valence-electron chi connectivity index (χ0n) is 13.1. The predicted octanol–water partition coefficient (Wildman–Crippen LogP) is 3.98. The molecule has 0 radical (unpaired) electrons. The molecule has 0 saturated carbocycles. The van der Waals surface area contributed by atoms with E-state index < -0.39 is 0 Å². The number of hydrogen-bond acceptors (Lipinski definition) is 2. The molecule has 1 unspecified atom stereocenters. The molecule has 0 aliphatic carbocycles. The van der Waals surface area contributed by atoms with Crippen LogP contribution in [0.2, 0.25) is 0 Å². The molecular weight excluding hydrogens is 263 g/mol. The Morgan fingerprint density at radius 3 is 2.19 bits per heavy atom. The third-order valence-corrected chi connectivity index (χ3v) is 3.83. The first kappa shape index (κ1) is 15.7. The van der Waals surface area contributed by atoms with Gasteiger partial charge in [-0.1, -0.05) is 51.1 Å². The van der Waals surface area contributed by atoms with Crippen molar-refractivity contribution in [3.8, 4) is 0 Å². The highest BCUT2D eigenvalue weighted by atomic mass is 19.1. The van der Waals surface area contributed by atoms with E-state index in [-0.39, 0.29) is 17.3 Å². The second-order valence-corrected chi connectivity index (χ2v) is 6.47. The van der Waals surface area contributed by atoms with Gasteiger partial charge < -0.3 is 0 Å². The Labute approximate surface area is 126 Å². The van der Waals surface area contributed by atoms with Gasteiger partial charge in [-0.25, -0.2) is 9.82 Å². The summed E-state index contributed by atoms with van der Waals surface area (Å²) in [6, 6.07) is 12.9. The van der Waals surface area contributed by atoms with E-state index in [2.05, 4.69) is 50.5 Å². The molecule has 0 saturated heterocycles. The molecular formula is C18H23FN2. The maximum Gasteiger partial charge on any atom is 0.123 e. The summed E-state index contributed by atoms with van der Waals surface area (Å²) in [5.74, 6) is 5.46. The molecule has 3 N–H and O–H groups in total. The molecule has 0 heterocycles. The van der Waals surface area contributed by atoms with Crippen LogP contribution in [-0.2, 0) is 5.41 Å². The third-order valence-electron chi connectivity index (χ3n) is 3.83. The Kier molecular flexibility index (Phi) is 4.45. The molecule has 2 rings (SSSR count). The Morgan fingerprint density at radius 1 is 1.05 bits per heavy atom. The number of nitrogens with two attached hydrogens (primary N) is 1. The molecule has 112 valence electrons. The SMILES string of the molecule is Cc1ccc(F)cc1C(NN)c1ccc(C(C)(C)C)cc1. The lowest BCUT2D eigenvalue weighted by atomic mass is 9.85. The van der Waals surface area contributed by atoms with Crippen molar-refractivity contribution in [2.75, 3.05) is 0 Å². The molecule has 2 aromatic carbocycles. The monoisotopic (exact) mass is 286 g/mol. The Balaban J connectivity index is 2.40. The molecule has 2 nitrogen and oxygen atoms in total. The van der Waals surface area contributed by atoms with Crippen molar-refractivity contribution in [2.24, 2.45) is 5.84 Å². The number of halogens is 1. The van der Waals surface area contributed by atoms with Gasteiger partial charge in [0.1, 0.15) is 5.82 Å². The molecule has 0 aromatic heterocycles. The van der Waals surface area contributed by atoms with Gasteiger partial charge in [-0.2, -0.15) is 0 Å². The van der Waals surface area contributed by atoms with Gasteiger partial charge in [0.2, 0.25) is 0 Å². The van der Waals surface area contributed by atoms with Crippen LogP contribution in [-0.4, -0.2) is 0 Å². The normalized spacial score (nSPS) is 13.2. The number of benzene rings is 2. The van der Waals surface area contributed by atoms with Crippen LogP contribution in [0.3, 0.4) is 0 Å². The Hall–Kier alpha value is -1.71. The largest absolute Gasteiger partial charge is 0.271 e. The lowest BCUT2D eigenvalue weighted by Gasteiger charge is -2.22. The van der Waals surface area contributed by atoms with E-state index in [1.54, 1.807) is 6.07 Å². The second kappa shape index (κ2) is 5.96. The van der Waals surface area contributed by atoms with Crippen LogP contribution in [0.1, 0.15) is 49.1 Å². The van der Waals surface area contributed by atoms with Crippen LogP contribution < -0.4 is 11.3 Å². The Morgan fingerprint density at radius 2 is 1.67 bits per heavy atom. The van der Waals surface area contributed by atoms with Gasteiger partial charge in [0.05, 0.1) is 6.04 Å². The van der Waals surface area contributed by atoms with E-state index >= 15 is 0 Å². The fraction of sp³-hybridized carbons (Fsp3) is 0.333. The minimum Gasteiger partial charge on any atom is -0.271 e. The van der Waals surface area contributed by atoms with E-state index in [4.69, 9.17) is 5.84 Å². The Bertz CT molecular complexity index is 612. The van der Waals surface area contributed by atoms with Crippen LogP contribution >= 0.6 is 0 Å². The number of nitrogens with one attached hydrogen (secondary N) is 1. The summed E-state index contributed by atoms with van der Waals surface area (Å²) in [4.78, 5) is 0. The molecule has 0 aliphatic rings. The first-order valence-electron chi connectivity index (χ1n) is 7.15. The molecule has 0 fully saturated rings. The maximum atomic E-state index is 13.5. The fourth-order valence-corrected chi connectivity index (χ4v) is 2.46. The lowest BCUT2D eigenvalue weighted by molar-refractivity contribution is 0.586. The van der Waals surface area contributed by atoms with Crippen molar-refractivity contribution in [3.05, 3.63) is 70.5 Å². The van der Waals surface area contributed by atoms with Crippen molar-refractivity contribution < 1.29 is 4.39 Å². The highest BCUT2D eigenvalue weighted by Gasteiger charge is 2.18. The highest BCUT2D eigenvalue weighted by molar-refractivity contribution is 5.38. The summed E-state index contributed by atoms with van der Waals surface area (Å²) >= 11 is 0.